The Kier molecular flexibility index (Phi) is 2.98. The maximum absolute atomic E-state index is 3.53. The number of para-hydroxylation sites is 2. The largest absolute Gasteiger partial charge is 0.361 e. The zero-order valence-electron chi connectivity index (χ0n) is 11.7. The van der Waals surface area contributed by atoms with Crippen molar-refractivity contribution in [3.05, 3.63) is 72.1 Å². The summed E-state index contributed by atoms with van der Waals surface area (Å²) in [5, 5.41) is 6.13. The minimum atomic E-state index is 0.865. The van der Waals surface area contributed by atoms with E-state index in [1.165, 1.54) is 32.9 Å². The molecule has 0 spiro atoms. The van der Waals surface area contributed by atoms with Crippen LogP contribution in [0.1, 0.15) is 11.1 Å². The number of H-pyrrole nitrogens is 2. The Balaban J connectivity index is 1.50. The van der Waals surface area contributed by atoms with Gasteiger partial charge in [-0.3, -0.25) is 0 Å². The lowest BCUT2D eigenvalue weighted by molar-refractivity contribution is 0.699. The van der Waals surface area contributed by atoms with E-state index in [1.54, 1.807) is 0 Å². The second-order valence-corrected chi connectivity index (χ2v) is 5.32. The summed E-state index contributed by atoms with van der Waals surface area (Å²) in [5.74, 6) is 0. The van der Waals surface area contributed by atoms with E-state index < -0.39 is 0 Å². The molecule has 0 saturated carbocycles. The number of fused-ring (bicyclic) bond motifs is 2. The van der Waals surface area contributed by atoms with E-state index in [0.29, 0.717) is 0 Å². The van der Waals surface area contributed by atoms with Crippen molar-refractivity contribution in [1.82, 2.24) is 15.3 Å². The minimum Gasteiger partial charge on any atom is -0.361 e. The second-order valence-electron chi connectivity index (χ2n) is 5.32. The molecule has 0 aliphatic carbocycles. The molecular formula is C18H17N3. The van der Waals surface area contributed by atoms with Crippen LogP contribution in [-0.2, 0) is 13.1 Å². The van der Waals surface area contributed by atoms with Crippen LogP contribution in [0.4, 0.5) is 0 Å². The maximum atomic E-state index is 3.53. The Bertz CT molecular complexity index is 811. The van der Waals surface area contributed by atoms with E-state index in [-0.39, 0.29) is 0 Å². The van der Waals surface area contributed by atoms with Gasteiger partial charge >= 0.3 is 0 Å². The summed E-state index contributed by atoms with van der Waals surface area (Å²) in [6.45, 7) is 1.73. The van der Waals surface area contributed by atoms with Crippen LogP contribution in [0.15, 0.2) is 60.9 Å². The van der Waals surface area contributed by atoms with Gasteiger partial charge in [0.05, 0.1) is 0 Å². The molecule has 2 aromatic carbocycles. The third-order valence-electron chi connectivity index (χ3n) is 3.98. The minimum absolute atomic E-state index is 0.865. The van der Waals surface area contributed by atoms with Gasteiger partial charge in [-0.25, -0.2) is 0 Å². The van der Waals surface area contributed by atoms with Crippen LogP contribution in [0.2, 0.25) is 0 Å². The lowest BCUT2D eigenvalue weighted by Crippen LogP contribution is -2.12. The first-order valence-corrected chi connectivity index (χ1v) is 7.22. The highest BCUT2D eigenvalue weighted by Crippen LogP contribution is 2.19. The molecule has 0 radical (unpaired) electrons. The van der Waals surface area contributed by atoms with E-state index in [2.05, 4.69) is 76.2 Å². The summed E-state index contributed by atoms with van der Waals surface area (Å²) < 4.78 is 0. The average molecular weight is 275 g/mol. The molecule has 0 aliphatic rings. The number of aromatic nitrogens is 2. The first-order chi connectivity index (χ1) is 10.4. The molecule has 3 nitrogen and oxygen atoms in total. The van der Waals surface area contributed by atoms with E-state index in [4.69, 9.17) is 0 Å². The fraction of sp³-hybridized carbons (Fsp3) is 0.111. The fourth-order valence-electron chi connectivity index (χ4n) is 2.89. The SMILES string of the molecule is c1ccc2c(CNCc3c[nH]c4ccccc34)c[nH]c2c1. The summed E-state index contributed by atoms with van der Waals surface area (Å²) in [6.07, 6.45) is 4.18. The van der Waals surface area contributed by atoms with Gasteiger partial charge in [0.25, 0.3) is 0 Å². The molecule has 0 saturated heterocycles. The second kappa shape index (κ2) is 5.11. The highest BCUT2D eigenvalue weighted by Gasteiger charge is 2.04. The Hall–Kier alpha value is -2.52. The van der Waals surface area contributed by atoms with Gasteiger partial charge in [-0.1, -0.05) is 36.4 Å². The van der Waals surface area contributed by atoms with Gasteiger partial charge in [0.15, 0.2) is 0 Å². The van der Waals surface area contributed by atoms with Crippen LogP contribution < -0.4 is 5.32 Å². The molecule has 4 aromatic rings. The van der Waals surface area contributed by atoms with Crippen molar-refractivity contribution in [2.75, 3.05) is 0 Å². The monoisotopic (exact) mass is 275 g/mol. The van der Waals surface area contributed by atoms with E-state index in [0.717, 1.165) is 13.1 Å². The molecule has 2 heterocycles. The summed E-state index contributed by atoms with van der Waals surface area (Å²) in [6, 6.07) is 16.8. The molecule has 0 fully saturated rings. The van der Waals surface area contributed by atoms with Gasteiger partial charge in [-0.2, -0.15) is 0 Å². The molecular weight excluding hydrogens is 258 g/mol. The number of benzene rings is 2. The lowest BCUT2D eigenvalue weighted by Gasteiger charge is -2.03. The Morgan fingerprint density at radius 1 is 0.667 bits per heavy atom. The van der Waals surface area contributed by atoms with Crippen molar-refractivity contribution < 1.29 is 0 Å². The molecule has 4 rings (SSSR count). The number of hydrogen-bond acceptors (Lipinski definition) is 1. The van der Waals surface area contributed by atoms with Gasteiger partial charge in [0.2, 0.25) is 0 Å². The first kappa shape index (κ1) is 12.2. The molecule has 0 aliphatic heterocycles. The van der Waals surface area contributed by atoms with Gasteiger partial charge in [-0.05, 0) is 23.3 Å². The van der Waals surface area contributed by atoms with E-state index >= 15 is 0 Å². The topological polar surface area (TPSA) is 43.6 Å². The van der Waals surface area contributed by atoms with Crippen molar-refractivity contribution in [1.29, 1.82) is 0 Å². The average Bonchev–Trinajstić information content (AvgIpc) is 3.13. The molecule has 0 unspecified atom stereocenters. The number of aromatic amines is 2. The predicted octanol–water partition coefficient (Wildman–Crippen LogP) is 3.94. The first-order valence-electron chi connectivity index (χ1n) is 7.22. The van der Waals surface area contributed by atoms with Crippen molar-refractivity contribution in [2.45, 2.75) is 13.1 Å². The molecule has 104 valence electrons. The molecule has 0 amide bonds. The van der Waals surface area contributed by atoms with Gasteiger partial charge in [0.1, 0.15) is 0 Å². The van der Waals surface area contributed by atoms with Gasteiger partial charge < -0.3 is 15.3 Å². The Morgan fingerprint density at radius 2 is 1.14 bits per heavy atom. The van der Waals surface area contributed by atoms with E-state index in [1.807, 2.05) is 0 Å². The predicted molar refractivity (Wildman–Crippen MR) is 87.1 cm³/mol. The zero-order valence-corrected chi connectivity index (χ0v) is 11.7. The summed E-state index contributed by atoms with van der Waals surface area (Å²) in [4.78, 5) is 6.63. The van der Waals surface area contributed by atoms with Crippen LogP contribution in [0, 0.1) is 0 Å². The normalized spacial score (nSPS) is 11.4. The van der Waals surface area contributed by atoms with Crippen LogP contribution in [0.3, 0.4) is 0 Å². The summed E-state index contributed by atoms with van der Waals surface area (Å²) in [5.41, 5.74) is 5.01. The molecule has 3 N–H and O–H groups in total. The number of nitrogens with one attached hydrogen (secondary N) is 3. The lowest BCUT2D eigenvalue weighted by atomic mass is 10.1. The van der Waals surface area contributed by atoms with Crippen molar-refractivity contribution in [3.8, 4) is 0 Å². The van der Waals surface area contributed by atoms with E-state index in [9.17, 15) is 0 Å². The fourth-order valence-corrected chi connectivity index (χ4v) is 2.89. The number of hydrogen-bond donors (Lipinski definition) is 3. The molecule has 0 bridgehead atoms. The number of rotatable bonds is 4. The van der Waals surface area contributed by atoms with Gasteiger partial charge in [-0.15, -0.1) is 0 Å². The third-order valence-corrected chi connectivity index (χ3v) is 3.98. The highest BCUT2D eigenvalue weighted by molar-refractivity contribution is 5.83. The summed E-state index contributed by atoms with van der Waals surface area (Å²) >= 11 is 0. The molecule has 2 aromatic heterocycles. The highest BCUT2D eigenvalue weighted by atomic mass is 14.9. The van der Waals surface area contributed by atoms with Crippen molar-refractivity contribution >= 4 is 21.8 Å². The van der Waals surface area contributed by atoms with Crippen molar-refractivity contribution in [2.24, 2.45) is 0 Å². The molecule has 21 heavy (non-hydrogen) atoms. The van der Waals surface area contributed by atoms with Gasteiger partial charge in [0, 0.05) is 47.3 Å². The molecule has 3 heteroatoms. The van der Waals surface area contributed by atoms with Crippen LogP contribution in [0.5, 0.6) is 0 Å². The van der Waals surface area contributed by atoms with Crippen LogP contribution in [0.25, 0.3) is 21.8 Å². The molecule has 0 atom stereocenters. The third kappa shape index (κ3) is 2.22. The Morgan fingerprint density at radius 3 is 1.67 bits per heavy atom. The zero-order chi connectivity index (χ0) is 14.1. The van der Waals surface area contributed by atoms with Crippen LogP contribution >= 0.6 is 0 Å². The Labute approximate surface area is 123 Å². The standard InChI is InChI=1S/C18H17N3/c1-3-7-17-15(5-1)13(11-20-17)9-19-10-14-12-21-18-8-4-2-6-16(14)18/h1-8,11-12,19-21H,9-10H2. The smallest absolute Gasteiger partial charge is 0.0457 e. The van der Waals surface area contributed by atoms with Crippen LogP contribution in [-0.4, -0.2) is 9.97 Å². The maximum Gasteiger partial charge on any atom is 0.0457 e. The summed E-state index contributed by atoms with van der Waals surface area (Å²) in [7, 11) is 0. The quantitative estimate of drug-likeness (QED) is 0.519. The van der Waals surface area contributed by atoms with Crippen molar-refractivity contribution in [3.63, 3.8) is 0 Å².